The van der Waals surface area contributed by atoms with Gasteiger partial charge in [-0.05, 0) is 23.8 Å². The fraction of sp³-hybridized carbons (Fsp3) is 0.0909. The molecule has 0 spiro atoms. The minimum atomic E-state index is -0.411. The van der Waals surface area contributed by atoms with Crippen molar-refractivity contribution in [1.82, 2.24) is 9.97 Å². The summed E-state index contributed by atoms with van der Waals surface area (Å²) in [4.78, 5) is 16.5. The van der Waals surface area contributed by atoms with E-state index >= 15 is 0 Å². The van der Waals surface area contributed by atoms with Crippen LogP contribution in [0.2, 0.25) is 5.02 Å². The van der Waals surface area contributed by atoms with Crippen molar-refractivity contribution in [1.29, 1.82) is 0 Å². The van der Waals surface area contributed by atoms with Crippen molar-refractivity contribution in [2.75, 3.05) is 0 Å². The number of aromatic nitrogens is 2. The molecule has 0 aliphatic heterocycles. The standard InChI is InChI=1S/C11H9ClN2O2S/c12-8-4-2-1-3-6(8)5-7-9(15)13-11(17)14-10(7)16/h1-4H,5H2,(H3,13,14,15,16,17). The second-order valence-corrected chi connectivity index (χ2v) is 4.32. The molecule has 0 bridgehead atoms. The molecule has 0 radical (unpaired) electrons. The molecule has 0 fully saturated rings. The van der Waals surface area contributed by atoms with Gasteiger partial charge >= 0.3 is 0 Å². The van der Waals surface area contributed by atoms with Crippen molar-refractivity contribution >= 4 is 23.8 Å². The first-order valence-corrected chi connectivity index (χ1v) is 5.64. The molecular weight excluding hydrogens is 260 g/mol. The Morgan fingerprint density at radius 2 is 2.00 bits per heavy atom. The molecule has 88 valence electrons. The normalized spacial score (nSPS) is 10.4. The third-order valence-corrected chi connectivity index (χ3v) is 2.92. The minimum absolute atomic E-state index is 0.0930. The molecule has 17 heavy (non-hydrogen) atoms. The van der Waals surface area contributed by atoms with Gasteiger partial charge in [0.25, 0.3) is 5.56 Å². The van der Waals surface area contributed by atoms with Gasteiger partial charge in [0, 0.05) is 11.4 Å². The van der Waals surface area contributed by atoms with Crippen LogP contribution in [0.15, 0.2) is 29.1 Å². The summed E-state index contributed by atoms with van der Waals surface area (Å²) in [5.41, 5.74) is 0.568. The summed E-state index contributed by atoms with van der Waals surface area (Å²) in [5, 5.41) is 10.2. The molecule has 0 saturated carbocycles. The first kappa shape index (κ1) is 11.9. The van der Waals surface area contributed by atoms with E-state index in [-0.39, 0.29) is 22.6 Å². The molecule has 0 amide bonds. The van der Waals surface area contributed by atoms with E-state index in [9.17, 15) is 9.90 Å². The molecule has 2 rings (SSSR count). The van der Waals surface area contributed by atoms with E-state index in [1.165, 1.54) is 0 Å². The van der Waals surface area contributed by atoms with Crippen LogP contribution in [0.3, 0.4) is 0 Å². The molecule has 0 saturated heterocycles. The van der Waals surface area contributed by atoms with Gasteiger partial charge in [0.2, 0.25) is 0 Å². The van der Waals surface area contributed by atoms with Crippen LogP contribution in [0, 0.1) is 4.77 Å². The zero-order valence-electron chi connectivity index (χ0n) is 8.66. The third kappa shape index (κ3) is 2.57. The zero-order valence-corrected chi connectivity index (χ0v) is 10.2. The Bertz CT molecular complexity index is 663. The number of hydrogen-bond donors (Lipinski definition) is 3. The van der Waals surface area contributed by atoms with Crippen molar-refractivity contribution in [3.63, 3.8) is 0 Å². The molecule has 1 heterocycles. The van der Waals surface area contributed by atoms with Crippen LogP contribution < -0.4 is 5.56 Å². The summed E-state index contributed by atoms with van der Waals surface area (Å²) in [6.07, 6.45) is 0.243. The second-order valence-electron chi connectivity index (χ2n) is 3.50. The van der Waals surface area contributed by atoms with Crippen LogP contribution in [-0.4, -0.2) is 15.1 Å². The summed E-state index contributed by atoms with van der Waals surface area (Å²) in [6, 6.07) is 7.14. The van der Waals surface area contributed by atoms with Gasteiger partial charge < -0.3 is 10.1 Å². The van der Waals surface area contributed by atoms with Crippen LogP contribution in [0.25, 0.3) is 0 Å². The average molecular weight is 269 g/mol. The predicted octanol–water partition coefficient (Wildman–Crippen LogP) is 2.38. The minimum Gasteiger partial charge on any atom is -0.494 e. The Hall–Kier alpha value is -1.59. The number of halogens is 1. The van der Waals surface area contributed by atoms with E-state index in [0.717, 1.165) is 5.56 Å². The number of hydrogen-bond acceptors (Lipinski definition) is 3. The predicted molar refractivity (Wildman–Crippen MR) is 68.2 cm³/mol. The number of benzene rings is 1. The molecule has 1 aromatic carbocycles. The summed E-state index contributed by atoms with van der Waals surface area (Å²) < 4.78 is 0.0930. The highest BCUT2D eigenvalue weighted by molar-refractivity contribution is 7.71. The van der Waals surface area contributed by atoms with Gasteiger partial charge in [0.15, 0.2) is 10.7 Å². The third-order valence-electron chi connectivity index (χ3n) is 2.34. The number of rotatable bonds is 2. The number of nitrogens with one attached hydrogen (secondary N) is 2. The Kier molecular flexibility index (Phi) is 3.31. The van der Waals surface area contributed by atoms with Gasteiger partial charge in [-0.15, -0.1) is 0 Å². The maximum Gasteiger partial charge on any atom is 0.259 e. The van der Waals surface area contributed by atoms with E-state index in [1.807, 2.05) is 6.07 Å². The lowest BCUT2D eigenvalue weighted by Gasteiger charge is -2.05. The molecule has 0 aliphatic carbocycles. The first-order chi connectivity index (χ1) is 8.08. The Labute approximate surface area is 107 Å². The molecule has 0 atom stereocenters. The highest BCUT2D eigenvalue weighted by Gasteiger charge is 2.10. The van der Waals surface area contributed by atoms with E-state index in [1.54, 1.807) is 18.2 Å². The molecule has 2 aromatic rings. The monoisotopic (exact) mass is 268 g/mol. The van der Waals surface area contributed by atoms with Gasteiger partial charge in [-0.1, -0.05) is 29.8 Å². The van der Waals surface area contributed by atoms with Crippen molar-refractivity contribution < 1.29 is 5.11 Å². The van der Waals surface area contributed by atoms with Gasteiger partial charge in [-0.2, -0.15) is 0 Å². The lowest BCUT2D eigenvalue weighted by molar-refractivity contribution is 0.443. The smallest absolute Gasteiger partial charge is 0.259 e. The molecule has 4 nitrogen and oxygen atoms in total. The van der Waals surface area contributed by atoms with Crippen molar-refractivity contribution in [2.24, 2.45) is 0 Å². The molecule has 6 heteroatoms. The fourth-order valence-electron chi connectivity index (χ4n) is 1.50. The fourth-order valence-corrected chi connectivity index (χ4v) is 1.89. The maximum absolute atomic E-state index is 11.6. The van der Waals surface area contributed by atoms with Gasteiger partial charge in [-0.25, -0.2) is 0 Å². The van der Waals surface area contributed by atoms with E-state index in [4.69, 9.17) is 23.8 Å². The summed E-state index contributed by atoms with van der Waals surface area (Å²) in [5.74, 6) is -0.223. The summed E-state index contributed by atoms with van der Waals surface area (Å²) in [6.45, 7) is 0. The van der Waals surface area contributed by atoms with Crippen LogP contribution in [0.4, 0.5) is 0 Å². The Morgan fingerprint density at radius 3 is 2.65 bits per heavy atom. The maximum atomic E-state index is 11.6. The number of aromatic hydroxyl groups is 1. The van der Waals surface area contributed by atoms with Crippen LogP contribution in [0.1, 0.15) is 11.1 Å². The van der Waals surface area contributed by atoms with E-state index in [0.29, 0.717) is 5.02 Å². The highest BCUT2D eigenvalue weighted by Crippen LogP contribution is 2.20. The van der Waals surface area contributed by atoms with E-state index < -0.39 is 5.56 Å². The summed E-state index contributed by atoms with van der Waals surface area (Å²) >= 11 is 10.7. The van der Waals surface area contributed by atoms with Crippen LogP contribution in [-0.2, 0) is 6.42 Å². The van der Waals surface area contributed by atoms with Gasteiger partial charge in [-0.3, -0.25) is 9.78 Å². The lowest BCUT2D eigenvalue weighted by atomic mass is 10.1. The summed E-state index contributed by atoms with van der Waals surface area (Å²) in [7, 11) is 0. The quantitative estimate of drug-likeness (QED) is 0.733. The van der Waals surface area contributed by atoms with Gasteiger partial charge in [0.1, 0.15) is 0 Å². The molecule has 3 N–H and O–H groups in total. The second kappa shape index (κ2) is 4.73. The van der Waals surface area contributed by atoms with Crippen molar-refractivity contribution in [2.45, 2.75) is 6.42 Å². The topological polar surface area (TPSA) is 68.9 Å². The highest BCUT2D eigenvalue weighted by atomic mass is 35.5. The lowest BCUT2D eigenvalue weighted by Crippen LogP contribution is -2.14. The Morgan fingerprint density at radius 1 is 1.29 bits per heavy atom. The SMILES string of the molecule is O=c1[nH]c(=S)[nH]c(O)c1Cc1ccccc1Cl. The first-order valence-electron chi connectivity index (χ1n) is 4.86. The zero-order chi connectivity index (χ0) is 12.4. The molecule has 0 aliphatic rings. The number of aromatic amines is 2. The van der Waals surface area contributed by atoms with Gasteiger partial charge in [0.05, 0.1) is 5.56 Å². The van der Waals surface area contributed by atoms with Crippen molar-refractivity contribution in [3.05, 3.63) is 55.5 Å². The number of H-pyrrole nitrogens is 2. The van der Waals surface area contributed by atoms with Crippen LogP contribution in [0.5, 0.6) is 5.88 Å². The molecule has 1 aromatic heterocycles. The van der Waals surface area contributed by atoms with Crippen LogP contribution >= 0.6 is 23.8 Å². The Balaban J connectivity index is 2.48. The largest absolute Gasteiger partial charge is 0.494 e. The average Bonchev–Trinajstić information content (AvgIpc) is 2.25. The molecule has 0 unspecified atom stereocenters. The van der Waals surface area contributed by atoms with Crippen molar-refractivity contribution in [3.8, 4) is 5.88 Å². The van der Waals surface area contributed by atoms with E-state index in [2.05, 4.69) is 9.97 Å². The molecular formula is C11H9ClN2O2S.